The number of nitriles is 1. The Morgan fingerprint density at radius 1 is 1.38 bits per heavy atom. The molecule has 2 aliphatic rings. The second kappa shape index (κ2) is 5.56. The van der Waals surface area contributed by atoms with E-state index in [1.807, 2.05) is 23.1 Å². The molecule has 1 spiro atoms. The minimum atomic E-state index is 0.0829. The summed E-state index contributed by atoms with van der Waals surface area (Å²) < 4.78 is 1.92. The first-order chi connectivity index (χ1) is 12.7. The van der Waals surface area contributed by atoms with Gasteiger partial charge in [-0.1, -0.05) is 0 Å². The highest BCUT2D eigenvalue weighted by molar-refractivity contribution is 5.92. The lowest BCUT2D eigenvalue weighted by Crippen LogP contribution is -2.18. The van der Waals surface area contributed by atoms with Gasteiger partial charge < -0.3 is 10.7 Å². The van der Waals surface area contributed by atoms with Crippen LogP contribution in [0, 0.1) is 22.7 Å². The minimum Gasteiger partial charge on any atom is -0.382 e. The maximum Gasteiger partial charge on any atom is 0.154 e. The van der Waals surface area contributed by atoms with E-state index < -0.39 is 0 Å². The molecule has 2 atom stereocenters. The Hall–Kier alpha value is -2.88. The van der Waals surface area contributed by atoms with Crippen LogP contribution >= 0.6 is 0 Å². The number of nitrogens with one attached hydrogen (secondary N) is 1. The number of rotatable bonds is 4. The van der Waals surface area contributed by atoms with Gasteiger partial charge in [0.05, 0.1) is 29.8 Å². The van der Waals surface area contributed by atoms with Gasteiger partial charge in [-0.15, -0.1) is 0 Å². The number of nitrogen functional groups attached to an aromatic ring is 1. The van der Waals surface area contributed by atoms with Gasteiger partial charge in [0.25, 0.3) is 0 Å². The zero-order chi connectivity index (χ0) is 17.7. The van der Waals surface area contributed by atoms with Crippen molar-refractivity contribution in [2.24, 2.45) is 11.3 Å². The summed E-state index contributed by atoms with van der Waals surface area (Å²) in [4.78, 5) is 11.8. The van der Waals surface area contributed by atoms with Gasteiger partial charge in [-0.05, 0) is 49.5 Å². The van der Waals surface area contributed by atoms with Crippen molar-refractivity contribution in [1.29, 1.82) is 5.26 Å². The Morgan fingerprint density at radius 2 is 2.27 bits per heavy atom. The number of aromatic amines is 1. The van der Waals surface area contributed by atoms with Gasteiger partial charge in [-0.2, -0.15) is 10.4 Å². The van der Waals surface area contributed by atoms with Crippen LogP contribution in [0.5, 0.6) is 0 Å². The number of nitrogens with two attached hydrogens (primary N) is 1. The van der Waals surface area contributed by atoms with Gasteiger partial charge in [0.1, 0.15) is 12.0 Å². The third-order valence-corrected chi connectivity index (χ3v) is 6.25. The summed E-state index contributed by atoms with van der Waals surface area (Å²) in [5.41, 5.74) is 9.18. The zero-order valence-electron chi connectivity index (χ0n) is 14.5. The van der Waals surface area contributed by atoms with E-state index in [0.717, 1.165) is 22.3 Å². The molecule has 132 valence electrons. The molecule has 3 heterocycles. The summed E-state index contributed by atoms with van der Waals surface area (Å²) in [6.07, 6.45) is 12.2. The molecule has 5 rings (SSSR count). The van der Waals surface area contributed by atoms with Crippen LogP contribution in [-0.4, -0.2) is 24.7 Å². The number of hydrogen-bond donors (Lipinski definition) is 2. The van der Waals surface area contributed by atoms with Crippen molar-refractivity contribution in [1.82, 2.24) is 24.7 Å². The van der Waals surface area contributed by atoms with Crippen LogP contribution in [0.2, 0.25) is 0 Å². The van der Waals surface area contributed by atoms with Crippen LogP contribution in [0.1, 0.15) is 44.6 Å². The molecule has 0 amide bonds. The lowest BCUT2D eigenvalue weighted by Gasteiger charge is -2.21. The average molecular weight is 347 g/mol. The zero-order valence-corrected chi connectivity index (χ0v) is 14.5. The summed E-state index contributed by atoms with van der Waals surface area (Å²) in [7, 11) is 0. The van der Waals surface area contributed by atoms with E-state index in [2.05, 4.69) is 26.1 Å². The molecule has 0 aromatic carbocycles. The van der Waals surface area contributed by atoms with E-state index in [9.17, 15) is 5.26 Å². The number of aromatic nitrogens is 5. The normalized spacial score (nSPS) is 21.9. The maximum absolute atomic E-state index is 9.36. The minimum absolute atomic E-state index is 0.0829. The molecule has 0 bridgehead atoms. The van der Waals surface area contributed by atoms with Gasteiger partial charge in [0, 0.05) is 17.8 Å². The fraction of sp³-hybridized carbons (Fsp3) is 0.474. The van der Waals surface area contributed by atoms with E-state index in [0.29, 0.717) is 23.6 Å². The van der Waals surface area contributed by atoms with Crippen LogP contribution in [0.3, 0.4) is 0 Å². The van der Waals surface area contributed by atoms with E-state index in [1.54, 1.807) is 0 Å². The van der Waals surface area contributed by atoms with Crippen molar-refractivity contribution in [2.45, 2.75) is 44.6 Å². The highest BCUT2D eigenvalue weighted by Crippen LogP contribution is 2.61. The van der Waals surface area contributed by atoms with Crippen LogP contribution in [0.25, 0.3) is 22.3 Å². The Bertz CT molecular complexity index is 1000. The van der Waals surface area contributed by atoms with E-state index in [1.165, 1.54) is 38.4 Å². The van der Waals surface area contributed by atoms with Gasteiger partial charge in [-0.3, -0.25) is 4.68 Å². The predicted octanol–water partition coefficient (Wildman–Crippen LogP) is 3.44. The number of anilines is 1. The van der Waals surface area contributed by atoms with Crippen LogP contribution < -0.4 is 5.73 Å². The maximum atomic E-state index is 9.36. The number of fused-ring (bicyclic) bond motifs is 1. The molecule has 7 nitrogen and oxygen atoms in total. The SMILES string of the molecule is N#CCC(C1CCC2(CC2)C1)n1cc(-c2ncnc3[nH]ccc23)c(N)n1. The first-order valence-corrected chi connectivity index (χ1v) is 9.19. The van der Waals surface area contributed by atoms with Gasteiger partial charge in [0.2, 0.25) is 0 Å². The van der Waals surface area contributed by atoms with Crippen LogP contribution in [-0.2, 0) is 0 Å². The summed E-state index contributed by atoms with van der Waals surface area (Å²) in [6.45, 7) is 0. The lowest BCUT2D eigenvalue weighted by atomic mass is 9.94. The fourth-order valence-electron chi connectivity index (χ4n) is 4.63. The van der Waals surface area contributed by atoms with Gasteiger partial charge >= 0.3 is 0 Å². The van der Waals surface area contributed by atoms with E-state index in [4.69, 9.17) is 5.73 Å². The molecule has 26 heavy (non-hydrogen) atoms. The van der Waals surface area contributed by atoms with Crippen molar-refractivity contribution < 1.29 is 0 Å². The molecule has 2 saturated carbocycles. The van der Waals surface area contributed by atoms with Crippen molar-refractivity contribution in [2.75, 3.05) is 5.73 Å². The second-order valence-corrected chi connectivity index (χ2v) is 7.80. The third kappa shape index (κ3) is 2.37. The van der Waals surface area contributed by atoms with Crippen molar-refractivity contribution in [3.05, 3.63) is 24.8 Å². The second-order valence-electron chi connectivity index (χ2n) is 7.80. The molecule has 0 radical (unpaired) electrons. The van der Waals surface area contributed by atoms with Crippen LogP contribution in [0.15, 0.2) is 24.8 Å². The van der Waals surface area contributed by atoms with Gasteiger partial charge in [-0.25, -0.2) is 9.97 Å². The first-order valence-electron chi connectivity index (χ1n) is 9.19. The molecule has 3 N–H and O–H groups in total. The quantitative estimate of drug-likeness (QED) is 0.751. The molecule has 0 aliphatic heterocycles. The number of hydrogen-bond acceptors (Lipinski definition) is 5. The Labute approximate surface area is 151 Å². The Kier molecular flexibility index (Phi) is 3.29. The molecular formula is C19H21N7. The molecule has 3 aromatic heterocycles. The lowest BCUT2D eigenvalue weighted by molar-refractivity contribution is 0.303. The summed E-state index contributed by atoms with van der Waals surface area (Å²) in [5.74, 6) is 0.954. The molecule has 2 aliphatic carbocycles. The number of nitrogens with zero attached hydrogens (tertiary/aromatic N) is 5. The molecule has 0 saturated heterocycles. The van der Waals surface area contributed by atoms with Crippen molar-refractivity contribution >= 4 is 16.9 Å². The monoisotopic (exact) mass is 347 g/mol. The van der Waals surface area contributed by atoms with Crippen molar-refractivity contribution in [3.8, 4) is 17.3 Å². The summed E-state index contributed by atoms with van der Waals surface area (Å²) in [5, 5.41) is 14.9. The van der Waals surface area contributed by atoms with Crippen molar-refractivity contribution in [3.63, 3.8) is 0 Å². The molecule has 7 heteroatoms. The Balaban J connectivity index is 1.53. The molecular weight excluding hydrogens is 326 g/mol. The largest absolute Gasteiger partial charge is 0.382 e. The van der Waals surface area contributed by atoms with Gasteiger partial charge in [0.15, 0.2) is 5.82 Å². The highest BCUT2D eigenvalue weighted by Gasteiger charge is 2.50. The molecule has 2 unspecified atom stereocenters. The number of H-pyrrole nitrogens is 1. The summed E-state index contributed by atoms with van der Waals surface area (Å²) in [6, 6.07) is 4.38. The molecule has 3 aromatic rings. The van der Waals surface area contributed by atoms with E-state index in [-0.39, 0.29) is 6.04 Å². The topological polar surface area (TPSA) is 109 Å². The third-order valence-electron chi connectivity index (χ3n) is 6.25. The highest BCUT2D eigenvalue weighted by atomic mass is 15.3. The first kappa shape index (κ1) is 15.4. The fourth-order valence-corrected chi connectivity index (χ4v) is 4.63. The van der Waals surface area contributed by atoms with Crippen LogP contribution in [0.4, 0.5) is 5.82 Å². The standard InChI is InChI=1S/C19H21N7/c20-7-2-15(12-1-4-19(9-12)5-6-19)26-10-14(17(21)25-26)16-13-3-8-22-18(13)24-11-23-16/h3,8,10-12,15H,1-2,4-6,9H2,(H2,21,25)(H,22,23,24). The smallest absolute Gasteiger partial charge is 0.154 e. The van der Waals surface area contributed by atoms with E-state index >= 15 is 0 Å². The molecule has 2 fully saturated rings. The predicted molar refractivity (Wildman–Crippen MR) is 97.8 cm³/mol. The Morgan fingerprint density at radius 3 is 3.04 bits per heavy atom. The average Bonchev–Trinajstić information content (AvgIpc) is 3.01. The summed E-state index contributed by atoms with van der Waals surface area (Å²) >= 11 is 0.